The summed E-state index contributed by atoms with van der Waals surface area (Å²) in [7, 11) is 2.11. The number of benzene rings is 1. The van der Waals surface area contributed by atoms with Crippen LogP contribution in [0.2, 0.25) is 0 Å². The van der Waals surface area contributed by atoms with Crippen LogP contribution in [0.5, 0.6) is 0 Å². The summed E-state index contributed by atoms with van der Waals surface area (Å²) in [4.78, 5) is 0. The van der Waals surface area contributed by atoms with Crippen LogP contribution in [0.25, 0.3) is 10.1 Å². The molecule has 0 radical (unpaired) electrons. The van der Waals surface area contributed by atoms with Crippen molar-refractivity contribution in [3.8, 4) is 0 Å². The van der Waals surface area contributed by atoms with E-state index in [1.165, 1.54) is 41.3 Å². The van der Waals surface area contributed by atoms with Crippen molar-refractivity contribution < 1.29 is 0 Å². The summed E-state index contributed by atoms with van der Waals surface area (Å²) < 4.78 is 1.43. The Balaban J connectivity index is 1.71. The lowest BCUT2D eigenvalue weighted by Crippen LogP contribution is -2.27. The van der Waals surface area contributed by atoms with Crippen LogP contribution in [0, 0.1) is 5.92 Å². The quantitative estimate of drug-likeness (QED) is 0.844. The van der Waals surface area contributed by atoms with Gasteiger partial charge in [-0.1, -0.05) is 18.2 Å². The second kappa shape index (κ2) is 4.79. The Bertz CT molecular complexity index is 498. The standard InChI is InChI=1S/C15H19NS/c1-16-14(11-6-7-11)9-8-12-10-17-15-5-3-2-4-13(12)15/h2-5,10-11,14,16H,6-9H2,1H3. The van der Waals surface area contributed by atoms with Gasteiger partial charge in [0.2, 0.25) is 0 Å². The van der Waals surface area contributed by atoms with E-state index in [1.807, 2.05) is 11.3 Å². The van der Waals surface area contributed by atoms with Gasteiger partial charge in [0, 0.05) is 10.7 Å². The van der Waals surface area contributed by atoms with Crippen LogP contribution >= 0.6 is 11.3 Å². The van der Waals surface area contributed by atoms with E-state index in [-0.39, 0.29) is 0 Å². The SMILES string of the molecule is CNC(CCc1csc2ccccc12)C1CC1. The van der Waals surface area contributed by atoms with Gasteiger partial charge in [0.15, 0.2) is 0 Å². The molecule has 1 heterocycles. The molecule has 1 atom stereocenters. The smallest absolute Gasteiger partial charge is 0.0345 e. The highest BCUT2D eigenvalue weighted by molar-refractivity contribution is 7.17. The molecule has 1 fully saturated rings. The largest absolute Gasteiger partial charge is 0.317 e. The highest BCUT2D eigenvalue weighted by Gasteiger charge is 2.29. The molecule has 2 aromatic rings. The van der Waals surface area contributed by atoms with Gasteiger partial charge in [-0.3, -0.25) is 0 Å². The number of aryl methyl sites for hydroxylation is 1. The molecular weight excluding hydrogens is 226 g/mol. The fourth-order valence-electron chi connectivity index (χ4n) is 2.65. The van der Waals surface area contributed by atoms with Gasteiger partial charge in [0.1, 0.15) is 0 Å². The average Bonchev–Trinajstić information content (AvgIpc) is 3.12. The van der Waals surface area contributed by atoms with E-state index in [9.17, 15) is 0 Å². The molecular formula is C15H19NS. The minimum absolute atomic E-state index is 0.730. The van der Waals surface area contributed by atoms with E-state index in [4.69, 9.17) is 0 Å². The minimum atomic E-state index is 0.730. The first-order valence-electron chi connectivity index (χ1n) is 6.51. The van der Waals surface area contributed by atoms with Gasteiger partial charge in [-0.2, -0.15) is 0 Å². The van der Waals surface area contributed by atoms with Crippen molar-refractivity contribution in [3.05, 3.63) is 35.2 Å². The topological polar surface area (TPSA) is 12.0 Å². The Labute approximate surface area is 107 Å². The molecule has 1 aliphatic rings. The number of thiophene rings is 1. The molecule has 1 nitrogen and oxygen atoms in total. The van der Waals surface area contributed by atoms with Crippen LogP contribution in [-0.4, -0.2) is 13.1 Å². The number of fused-ring (bicyclic) bond motifs is 1. The first-order chi connectivity index (χ1) is 8.38. The second-order valence-electron chi connectivity index (χ2n) is 5.03. The summed E-state index contributed by atoms with van der Waals surface area (Å²) in [6, 6.07) is 9.49. The van der Waals surface area contributed by atoms with Gasteiger partial charge in [0.25, 0.3) is 0 Å². The maximum Gasteiger partial charge on any atom is 0.0345 e. The van der Waals surface area contributed by atoms with E-state index in [0.29, 0.717) is 0 Å². The van der Waals surface area contributed by atoms with Crippen molar-refractivity contribution in [2.45, 2.75) is 31.7 Å². The molecule has 2 heteroatoms. The summed E-state index contributed by atoms with van der Waals surface area (Å²) in [5.41, 5.74) is 1.53. The maximum absolute atomic E-state index is 3.48. The van der Waals surface area contributed by atoms with Crippen LogP contribution < -0.4 is 5.32 Å². The molecule has 1 unspecified atom stereocenters. The number of rotatable bonds is 5. The Kier molecular flexibility index (Phi) is 3.17. The molecule has 0 saturated heterocycles. The summed E-state index contributed by atoms with van der Waals surface area (Å²) in [5.74, 6) is 0.949. The van der Waals surface area contributed by atoms with E-state index in [2.05, 4.69) is 42.0 Å². The third kappa shape index (κ3) is 2.38. The molecule has 0 spiro atoms. The van der Waals surface area contributed by atoms with E-state index >= 15 is 0 Å². The van der Waals surface area contributed by atoms with E-state index in [0.717, 1.165) is 12.0 Å². The molecule has 1 saturated carbocycles. The predicted molar refractivity (Wildman–Crippen MR) is 75.7 cm³/mol. The lowest BCUT2D eigenvalue weighted by atomic mass is 10.0. The lowest BCUT2D eigenvalue weighted by molar-refractivity contribution is 0.471. The normalized spacial score (nSPS) is 17.5. The zero-order chi connectivity index (χ0) is 11.7. The van der Waals surface area contributed by atoms with Gasteiger partial charge in [-0.05, 0) is 61.0 Å². The molecule has 90 valence electrons. The second-order valence-corrected chi connectivity index (χ2v) is 5.94. The van der Waals surface area contributed by atoms with Crippen molar-refractivity contribution in [1.29, 1.82) is 0 Å². The number of hydrogen-bond acceptors (Lipinski definition) is 2. The highest BCUT2D eigenvalue weighted by atomic mass is 32.1. The van der Waals surface area contributed by atoms with Crippen LogP contribution in [0.15, 0.2) is 29.6 Å². The molecule has 17 heavy (non-hydrogen) atoms. The summed E-state index contributed by atoms with van der Waals surface area (Å²) >= 11 is 1.88. The van der Waals surface area contributed by atoms with Gasteiger partial charge >= 0.3 is 0 Å². The Morgan fingerprint density at radius 3 is 2.94 bits per heavy atom. The molecule has 1 aromatic heterocycles. The third-order valence-electron chi connectivity index (χ3n) is 3.85. The fraction of sp³-hybridized carbons (Fsp3) is 0.467. The molecule has 1 N–H and O–H groups in total. The molecule has 3 rings (SSSR count). The van der Waals surface area contributed by atoms with Crippen molar-refractivity contribution in [2.24, 2.45) is 5.92 Å². The van der Waals surface area contributed by atoms with Crippen molar-refractivity contribution in [1.82, 2.24) is 5.32 Å². The zero-order valence-electron chi connectivity index (χ0n) is 10.3. The molecule has 1 aromatic carbocycles. The number of nitrogens with one attached hydrogen (secondary N) is 1. The van der Waals surface area contributed by atoms with Gasteiger partial charge < -0.3 is 5.32 Å². The van der Waals surface area contributed by atoms with Crippen molar-refractivity contribution in [3.63, 3.8) is 0 Å². The average molecular weight is 245 g/mol. The Morgan fingerprint density at radius 2 is 2.18 bits per heavy atom. The minimum Gasteiger partial charge on any atom is -0.317 e. The predicted octanol–water partition coefficient (Wildman–Crippen LogP) is 3.83. The molecule has 0 bridgehead atoms. The number of hydrogen-bond donors (Lipinski definition) is 1. The van der Waals surface area contributed by atoms with Crippen LogP contribution in [0.4, 0.5) is 0 Å². The van der Waals surface area contributed by atoms with Gasteiger partial charge in [-0.15, -0.1) is 11.3 Å². The first kappa shape index (κ1) is 11.2. The van der Waals surface area contributed by atoms with E-state index in [1.54, 1.807) is 0 Å². The lowest BCUT2D eigenvalue weighted by Gasteiger charge is -2.14. The maximum atomic E-state index is 3.48. The molecule has 0 aliphatic heterocycles. The highest BCUT2D eigenvalue weighted by Crippen LogP contribution is 2.35. The van der Waals surface area contributed by atoms with Crippen molar-refractivity contribution in [2.75, 3.05) is 7.05 Å². The van der Waals surface area contributed by atoms with Gasteiger partial charge in [-0.25, -0.2) is 0 Å². The van der Waals surface area contributed by atoms with Crippen molar-refractivity contribution >= 4 is 21.4 Å². The zero-order valence-corrected chi connectivity index (χ0v) is 11.1. The Morgan fingerprint density at radius 1 is 1.35 bits per heavy atom. The molecule has 1 aliphatic carbocycles. The van der Waals surface area contributed by atoms with E-state index < -0.39 is 0 Å². The van der Waals surface area contributed by atoms with Crippen LogP contribution in [0.3, 0.4) is 0 Å². The van der Waals surface area contributed by atoms with Crippen LogP contribution in [0.1, 0.15) is 24.8 Å². The van der Waals surface area contributed by atoms with Crippen LogP contribution in [-0.2, 0) is 6.42 Å². The first-order valence-corrected chi connectivity index (χ1v) is 7.39. The summed E-state index contributed by atoms with van der Waals surface area (Å²) in [6.07, 6.45) is 5.35. The summed E-state index contributed by atoms with van der Waals surface area (Å²) in [5, 5.41) is 7.28. The molecule has 0 amide bonds. The monoisotopic (exact) mass is 245 g/mol. The fourth-order valence-corrected chi connectivity index (χ4v) is 3.65. The Hall–Kier alpha value is -0.860. The van der Waals surface area contributed by atoms with Gasteiger partial charge in [0.05, 0.1) is 0 Å². The summed E-state index contributed by atoms with van der Waals surface area (Å²) in [6.45, 7) is 0. The third-order valence-corrected chi connectivity index (χ3v) is 4.86.